The number of rotatable bonds is 19. The van der Waals surface area contributed by atoms with Gasteiger partial charge in [-0.1, -0.05) is 145 Å². The molecule has 0 bridgehead atoms. The maximum Gasteiger partial charge on any atom is 0.290 e. The largest absolute Gasteiger partial charge is 0.503 e. The van der Waals surface area contributed by atoms with Crippen LogP contribution < -0.4 is 0 Å². The van der Waals surface area contributed by atoms with Crippen LogP contribution in [0.15, 0.2) is 72.0 Å². The van der Waals surface area contributed by atoms with Gasteiger partial charge in [0.2, 0.25) is 0 Å². The number of hydrogen-bond acceptors (Lipinski definition) is 3. The maximum absolute atomic E-state index is 14.9. The number of halogens is 1. The molecule has 2 aromatic rings. The quantitative estimate of drug-likeness (QED) is 0.141. The number of carbonyl (C=O) groups excluding carboxylic acids is 2. The number of amides is 1. The first-order chi connectivity index (χ1) is 19.5. The monoisotopic (exact) mass is 547 g/mol. The lowest BCUT2D eigenvalue weighted by molar-refractivity contribution is -0.129. The van der Waals surface area contributed by atoms with Crippen LogP contribution in [0.4, 0.5) is 4.39 Å². The summed E-state index contributed by atoms with van der Waals surface area (Å²) in [4.78, 5) is 27.7. The molecule has 3 rings (SSSR count). The molecule has 1 aliphatic rings. The molecule has 1 N–H and O–H groups in total. The van der Waals surface area contributed by atoms with Crippen LogP contribution in [0, 0.1) is 5.82 Å². The van der Waals surface area contributed by atoms with Crippen LogP contribution in [0.25, 0.3) is 6.08 Å². The summed E-state index contributed by atoms with van der Waals surface area (Å²) in [5.74, 6) is -2.19. The Morgan fingerprint density at radius 3 is 1.90 bits per heavy atom. The van der Waals surface area contributed by atoms with Crippen molar-refractivity contribution < 1.29 is 19.1 Å². The Balaban J connectivity index is 1.50. The molecule has 2 aromatic carbocycles. The van der Waals surface area contributed by atoms with Gasteiger partial charge in [-0.25, -0.2) is 4.39 Å². The molecule has 0 aromatic heterocycles. The molecule has 0 spiro atoms. The Bertz CT molecular complexity index is 1120. The molecule has 0 aliphatic carbocycles. The molecule has 5 heteroatoms. The van der Waals surface area contributed by atoms with Crippen LogP contribution in [0.3, 0.4) is 0 Å². The van der Waals surface area contributed by atoms with Gasteiger partial charge in [-0.05, 0) is 24.1 Å². The number of allylic oxidation sites excluding steroid dienone is 1. The van der Waals surface area contributed by atoms with Gasteiger partial charge in [0.25, 0.3) is 5.91 Å². The lowest BCUT2D eigenvalue weighted by Gasteiger charge is -2.27. The van der Waals surface area contributed by atoms with Gasteiger partial charge in [-0.2, -0.15) is 0 Å². The summed E-state index contributed by atoms with van der Waals surface area (Å²) in [5.41, 5.74) is 0.983. The first-order valence-electron chi connectivity index (χ1n) is 15.3. The molecular weight excluding hydrogens is 501 g/mol. The smallest absolute Gasteiger partial charge is 0.290 e. The van der Waals surface area contributed by atoms with Gasteiger partial charge in [0.05, 0.1) is 11.6 Å². The molecule has 0 fully saturated rings. The standard InChI is InChI=1S/C35H46FNO3/c1-2-3-4-5-6-7-8-9-10-11-12-13-14-20-27-37-33(29-23-18-19-24-30(29)36)32(34(39)35(37)40)31(38)26-25-28-21-16-15-17-22-28/h15-19,21-26,33,39H,2-14,20,27H2,1H3/b26-25+. The lowest BCUT2D eigenvalue weighted by atomic mass is 9.95. The highest BCUT2D eigenvalue weighted by atomic mass is 19.1. The van der Waals surface area contributed by atoms with Crippen molar-refractivity contribution in [2.45, 2.75) is 103 Å². The van der Waals surface area contributed by atoms with E-state index in [2.05, 4.69) is 6.92 Å². The normalized spacial score (nSPS) is 15.5. The number of nitrogens with zero attached hydrogens (tertiary/aromatic N) is 1. The van der Waals surface area contributed by atoms with E-state index < -0.39 is 29.3 Å². The molecule has 1 amide bonds. The highest BCUT2D eigenvalue weighted by Gasteiger charge is 2.43. The maximum atomic E-state index is 14.9. The van der Waals surface area contributed by atoms with Crippen LogP contribution in [-0.2, 0) is 9.59 Å². The molecule has 216 valence electrons. The third-order valence-electron chi connectivity index (χ3n) is 7.75. The molecule has 0 saturated carbocycles. The van der Waals surface area contributed by atoms with E-state index >= 15 is 0 Å². The number of carbonyl (C=O) groups is 2. The fraction of sp³-hybridized carbons (Fsp3) is 0.486. The average Bonchev–Trinajstić information content (AvgIpc) is 3.22. The van der Waals surface area contributed by atoms with Gasteiger partial charge in [0, 0.05) is 12.1 Å². The number of unbranched alkanes of at least 4 members (excludes halogenated alkanes) is 13. The average molecular weight is 548 g/mol. The Labute approximate surface area is 240 Å². The first-order valence-corrected chi connectivity index (χ1v) is 15.3. The molecule has 40 heavy (non-hydrogen) atoms. The van der Waals surface area contributed by atoms with Gasteiger partial charge in [0.15, 0.2) is 11.5 Å². The lowest BCUT2D eigenvalue weighted by Crippen LogP contribution is -2.32. The molecule has 1 atom stereocenters. The van der Waals surface area contributed by atoms with E-state index in [1.807, 2.05) is 30.3 Å². The predicted octanol–water partition coefficient (Wildman–Crippen LogP) is 9.28. The number of aliphatic hydroxyl groups excluding tert-OH is 1. The number of ketones is 1. The summed E-state index contributed by atoms with van der Waals surface area (Å²) in [7, 11) is 0. The Hall–Kier alpha value is -3.21. The molecule has 0 radical (unpaired) electrons. The van der Waals surface area contributed by atoms with Gasteiger partial charge in [-0.15, -0.1) is 0 Å². The van der Waals surface area contributed by atoms with Crippen molar-refractivity contribution in [2.24, 2.45) is 0 Å². The summed E-state index contributed by atoms with van der Waals surface area (Å²) in [5, 5.41) is 10.7. The number of benzene rings is 2. The van der Waals surface area contributed by atoms with Crippen LogP contribution in [0.2, 0.25) is 0 Å². The third kappa shape index (κ3) is 9.46. The first kappa shape index (κ1) is 31.3. The van der Waals surface area contributed by atoms with Crippen molar-refractivity contribution in [1.29, 1.82) is 0 Å². The zero-order valence-corrected chi connectivity index (χ0v) is 24.1. The minimum absolute atomic E-state index is 0.0624. The van der Waals surface area contributed by atoms with Crippen molar-refractivity contribution >= 4 is 17.8 Å². The van der Waals surface area contributed by atoms with E-state index in [4.69, 9.17) is 0 Å². The van der Waals surface area contributed by atoms with Gasteiger partial charge in [-0.3, -0.25) is 9.59 Å². The van der Waals surface area contributed by atoms with Crippen LogP contribution in [-0.4, -0.2) is 28.2 Å². The Morgan fingerprint density at radius 1 is 0.800 bits per heavy atom. The molecule has 1 heterocycles. The van der Waals surface area contributed by atoms with E-state index in [9.17, 15) is 19.1 Å². The van der Waals surface area contributed by atoms with Gasteiger partial charge >= 0.3 is 0 Å². The zero-order valence-electron chi connectivity index (χ0n) is 24.1. The molecule has 0 saturated heterocycles. The third-order valence-corrected chi connectivity index (χ3v) is 7.75. The molecule has 1 aliphatic heterocycles. The summed E-state index contributed by atoms with van der Waals surface area (Å²) in [6, 6.07) is 14.5. The minimum Gasteiger partial charge on any atom is -0.503 e. The van der Waals surface area contributed by atoms with Crippen LogP contribution >= 0.6 is 0 Å². The summed E-state index contributed by atoms with van der Waals surface area (Å²) < 4.78 is 14.9. The molecular formula is C35H46FNO3. The van der Waals surface area contributed by atoms with Crippen molar-refractivity contribution in [1.82, 2.24) is 4.90 Å². The summed E-state index contributed by atoms with van der Waals surface area (Å²) >= 11 is 0. The Kier molecular flexibility index (Phi) is 13.7. The predicted molar refractivity (Wildman–Crippen MR) is 161 cm³/mol. The van der Waals surface area contributed by atoms with Crippen molar-refractivity contribution in [3.63, 3.8) is 0 Å². The second-order valence-corrected chi connectivity index (χ2v) is 10.9. The molecule has 1 unspecified atom stereocenters. The Morgan fingerprint density at radius 2 is 1.32 bits per heavy atom. The number of hydrogen-bond donors (Lipinski definition) is 1. The highest BCUT2D eigenvalue weighted by molar-refractivity contribution is 6.14. The fourth-order valence-corrected chi connectivity index (χ4v) is 5.46. The summed E-state index contributed by atoms with van der Waals surface area (Å²) in [6.45, 7) is 2.61. The second-order valence-electron chi connectivity index (χ2n) is 10.9. The van der Waals surface area contributed by atoms with Crippen molar-refractivity contribution in [2.75, 3.05) is 6.54 Å². The number of aliphatic hydroxyl groups is 1. The molecule has 4 nitrogen and oxygen atoms in total. The van der Waals surface area contributed by atoms with Gasteiger partial charge in [0.1, 0.15) is 5.82 Å². The zero-order chi connectivity index (χ0) is 28.6. The van der Waals surface area contributed by atoms with E-state index in [1.165, 1.54) is 87.7 Å². The SMILES string of the molecule is CCCCCCCCCCCCCCCCN1C(=O)C(O)=C(C(=O)/C=C/c2ccccc2)C1c1ccccc1F. The van der Waals surface area contributed by atoms with E-state index in [0.717, 1.165) is 24.8 Å². The van der Waals surface area contributed by atoms with Crippen LogP contribution in [0.5, 0.6) is 0 Å². The van der Waals surface area contributed by atoms with E-state index in [1.54, 1.807) is 24.3 Å². The second kappa shape index (κ2) is 17.5. The van der Waals surface area contributed by atoms with Gasteiger partial charge < -0.3 is 10.0 Å². The fourth-order valence-electron chi connectivity index (χ4n) is 5.46. The topological polar surface area (TPSA) is 57.6 Å². The van der Waals surface area contributed by atoms with E-state index in [0.29, 0.717) is 6.54 Å². The van der Waals surface area contributed by atoms with Crippen molar-refractivity contribution in [3.8, 4) is 0 Å². The summed E-state index contributed by atoms with van der Waals surface area (Å²) in [6.07, 6.45) is 20.2. The van der Waals surface area contributed by atoms with Crippen LogP contribution in [0.1, 0.15) is 114 Å². The highest BCUT2D eigenvalue weighted by Crippen LogP contribution is 2.39. The minimum atomic E-state index is -0.941. The van der Waals surface area contributed by atoms with E-state index in [-0.39, 0.29) is 11.1 Å². The van der Waals surface area contributed by atoms with Crippen molar-refractivity contribution in [3.05, 3.63) is 88.9 Å².